The smallest absolute Gasteiger partial charge is 0.254 e. The molecule has 208 valence electrons. The molecule has 0 atom stereocenters. The van der Waals surface area contributed by atoms with Crippen molar-refractivity contribution in [3.63, 3.8) is 0 Å². The Kier molecular flexibility index (Phi) is 8.43. The van der Waals surface area contributed by atoms with E-state index in [1.807, 2.05) is 99.6 Å². The Bertz CT molecular complexity index is 1470. The number of aromatic nitrogens is 2. The van der Waals surface area contributed by atoms with E-state index in [1.165, 1.54) is 0 Å². The summed E-state index contributed by atoms with van der Waals surface area (Å²) in [5, 5.41) is 7.85. The van der Waals surface area contributed by atoms with E-state index in [0.717, 1.165) is 33.8 Å². The van der Waals surface area contributed by atoms with Gasteiger partial charge in [0.05, 0.1) is 18.5 Å². The first-order chi connectivity index (χ1) is 19.0. The molecule has 0 saturated heterocycles. The number of nitrogens with one attached hydrogen (secondary N) is 1. The summed E-state index contributed by atoms with van der Waals surface area (Å²) in [6.45, 7) is 12.1. The standard InChI is InChI=1S/C33H38N4O3/c1-22(2)36(32(39)25-13-15-26(16-14-25)33(4,5)6)21-29(38)34-31-30(24-11-9-8-10-12-24)23(3)35-37(31)27-17-19-28(40-7)20-18-27/h8-20,22H,21H2,1-7H3,(H,34,38). The molecule has 0 aliphatic rings. The molecule has 2 amide bonds. The van der Waals surface area contributed by atoms with Gasteiger partial charge in [-0.1, -0.05) is 63.2 Å². The number of anilines is 1. The van der Waals surface area contributed by atoms with Gasteiger partial charge in [0, 0.05) is 17.2 Å². The Morgan fingerprint density at radius 2 is 1.57 bits per heavy atom. The molecule has 0 spiro atoms. The first-order valence-corrected chi connectivity index (χ1v) is 13.5. The third-order valence-electron chi connectivity index (χ3n) is 6.89. The second-order valence-corrected chi connectivity index (χ2v) is 11.2. The number of methoxy groups -OCH3 is 1. The van der Waals surface area contributed by atoms with Crippen molar-refractivity contribution in [3.8, 4) is 22.6 Å². The molecular formula is C33H38N4O3. The number of nitrogens with zero attached hydrogens (tertiary/aromatic N) is 3. The number of hydrogen-bond donors (Lipinski definition) is 1. The van der Waals surface area contributed by atoms with Gasteiger partial charge in [0.25, 0.3) is 5.91 Å². The minimum Gasteiger partial charge on any atom is -0.497 e. The predicted molar refractivity (Wildman–Crippen MR) is 160 cm³/mol. The van der Waals surface area contributed by atoms with Crippen molar-refractivity contribution in [3.05, 3.63) is 95.7 Å². The fourth-order valence-electron chi connectivity index (χ4n) is 4.60. The number of ether oxygens (including phenoxy) is 1. The lowest BCUT2D eigenvalue weighted by atomic mass is 9.86. The SMILES string of the molecule is COc1ccc(-n2nc(C)c(-c3ccccc3)c2NC(=O)CN(C(=O)c2ccc(C(C)(C)C)cc2)C(C)C)cc1. The summed E-state index contributed by atoms with van der Waals surface area (Å²) in [7, 11) is 1.62. The first kappa shape index (κ1) is 28.6. The minimum atomic E-state index is -0.305. The quantitative estimate of drug-likeness (QED) is 0.273. The van der Waals surface area contributed by atoms with E-state index in [-0.39, 0.29) is 29.8 Å². The van der Waals surface area contributed by atoms with Crippen LogP contribution in [0.1, 0.15) is 56.2 Å². The van der Waals surface area contributed by atoms with Gasteiger partial charge in [-0.05, 0) is 73.7 Å². The zero-order valence-electron chi connectivity index (χ0n) is 24.4. The van der Waals surface area contributed by atoms with Gasteiger partial charge < -0.3 is 15.0 Å². The summed E-state index contributed by atoms with van der Waals surface area (Å²) in [5.41, 5.74) is 4.99. The van der Waals surface area contributed by atoms with Crippen LogP contribution in [0.25, 0.3) is 16.8 Å². The van der Waals surface area contributed by atoms with Crippen LogP contribution in [-0.2, 0) is 10.2 Å². The highest BCUT2D eigenvalue weighted by Gasteiger charge is 2.25. The molecule has 0 radical (unpaired) electrons. The van der Waals surface area contributed by atoms with Gasteiger partial charge in [-0.3, -0.25) is 9.59 Å². The molecule has 0 bridgehead atoms. The first-order valence-electron chi connectivity index (χ1n) is 13.5. The van der Waals surface area contributed by atoms with Gasteiger partial charge in [-0.25, -0.2) is 4.68 Å². The van der Waals surface area contributed by atoms with Crippen molar-refractivity contribution >= 4 is 17.6 Å². The van der Waals surface area contributed by atoms with Crippen LogP contribution in [0, 0.1) is 6.92 Å². The minimum absolute atomic E-state index is 0.0133. The number of carbonyl (C=O) groups excluding carboxylic acids is 2. The average molecular weight is 539 g/mol. The van der Waals surface area contributed by atoms with Gasteiger partial charge in [0.1, 0.15) is 18.1 Å². The molecule has 0 aliphatic carbocycles. The molecule has 3 aromatic carbocycles. The van der Waals surface area contributed by atoms with Crippen molar-refractivity contribution in [2.45, 2.75) is 53.0 Å². The van der Waals surface area contributed by atoms with E-state index < -0.39 is 0 Å². The maximum absolute atomic E-state index is 13.6. The second-order valence-electron chi connectivity index (χ2n) is 11.2. The highest BCUT2D eigenvalue weighted by molar-refractivity contribution is 6.01. The topological polar surface area (TPSA) is 76.5 Å². The molecule has 0 aliphatic heterocycles. The van der Waals surface area contributed by atoms with Crippen molar-refractivity contribution in [2.24, 2.45) is 0 Å². The Morgan fingerprint density at radius 3 is 2.12 bits per heavy atom. The Labute approximate surface area is 236 Å². The summed E-state index contributed by atoms with van der Waals surface area (Å²) < 4.78 is 7.03. The molecule has 4 aromatic rings. The second kappa shape index (κ2) is 11.8. The van der Waals surface area contributed by atoms with Crippen LogP contribution < -0.4 is 10.1 Å². The van der Waals surface area contributed by atoms with Gasteiger partial charge >= 0.3 is 0 Å². The predicted octanol–water partition coefficient (Wildman–Crippen LogP) is 6.64. The van der Waals surface area contributed by atoms with Crippen LogP contribution in [0.3, 0.4) is 0 Å². The number of hydrogen-bond acceptors (Lipinski definition) is 4. The highest BCUT2D eigenvalue weighted by Crippen LogP contribution is 2.34. The third kappa shape index (κ3) is 6.25. The molecular weight excluding hydrogens is 500 g/mol. The normalized spacial score (nSPS) is 11.4. The van der Waals surface area contributed by atoms with Crippen molar-refractivity contribution in [1.82, 2.24) is 14.7 Å². The Morgan fingerprint density at radius 1 is 0.950 bits per heavy atom. The Hall–Kier alpha value is -4.39. The summed E-state index contributed by atoms with van der Waals surface area (Å²) in [4.78, 5) is 28.6. The lowest BCUT2D eigenvalue weighted by molar-refractivity contribution is -0.117. The lowest BCUT2D eigenvalue weighted by Gasteiger charge is -2.27. The van der Waals surface area contributed by atoms with Gasteiger partial charge in [-0.15, -0.1) is 0 Å². The van der Waals surface area contributed by atoms with Crippen LogP contribution in [0.5, 0.6) is 5.75 Å². The third-order valence-corrected chi connectivity index (χ3v) is 6.89. The number of benzene rings is 3. The summed E-state index contributed by atoms with van der Waals surface area (Å²) in [6, 6.07) is 24.8. The molecule has 1 N–H and O–H groups in total. The summed E-state index contributed by atoms with van der Waals surface area (Å²) in [6.07, 6.45) is 0. The van der Waals surface area contributed by atoms with Crippen molar-refractivity contribution < 1.29 is 14.3 Å². The van der Waals surface area contributed by atoms with Crippen molar-refractivity contribution in [2.75, 3.05) is 19.0 Å². The highest BCUT2D eigenvalue weighted by atomic mass is 16.5. The fraction of sp³-hybridized carbons (Fsp3) is 0.303. The van der Waals surface area contributed by atoms with Crippen LogP contribution in [0.4, 0.5) is 5.82 Å². The van der Waals surface area contributed by atoms with E-state index in [9.17, 15) is 9.59 Å². The molecule has 4 rings (SSSR count). The van der Waals surface area contributed by atoms with Crippen LogP contribution in [-0.4, -0.2) is 46.2 Å². The maximum Gasteiger partial charge on any atom is 0.254 e. The van der Waals surface area contributed by atoms with E-state index in [0.29, 0.717) is 11.4 Å². The molecule has 0 unspecified atom stereocenters. The Balaban J connectivity index is 1.65. The molecule has 40 heavy (non-hydrogen) atoms. The number of rotatable bonds is 8. The average Bonchev–Trinajstić information content (AvgIpc) is 3.26. The van der Waals surface area contributed by atoms with Crippen LogP contribution >= 0.6 is 0 Å². The van der Waals surface area contributed by atoms with Gasteiger partial charge in [-0.2, -0.15) is 5.10 Å². The van der Waals surface area contributed by atoms with Gasteiger partial charge in [0.2, 0.25) is 5.91 Å². The molecule has 0 saturated carbocycles. The molecule has 1 heterocycles. The summed E-state index contributed by atoms with van der Waals surface area (Å²) in [5.74, 6) is 0.779. The van der Waals surface area contributed by atoms with Crippen LogP contribution in [0.15, 0.2) is 78.9 Å². The number of amides is 2. The van der Waals surface area contributed by atoms with E-state index in [4.69, 9.17) is 9.84 Å². The van der Waals surface area contributed by atoms with E-state index in [2.05, 4.69) is 26.1 Å². The monoisotopic (exact) mass is 538 g/mol. The zero-order valence-corrected chi connectivity index (χ0v) is 24.4. The molecule has 7 heteroatoms. The number of carbonyl (C=O) groups is 2. The largest absolute Gasteiger partial charge is 0.497 e. The number of aryl methyl sites for hydroxylation is 1. The zero-order chi connectivity index (χ0) is 29.0. The molecule has 7 nitrogen and oxygen atoms in total. The molecule has 1 aromatic heterocycles. The van der Waals surface area contributed by atoms with E-state index in [1.54, 1.807) is 16.7 Å². The van der Waals surface area contributed by atoms with Crippen molar-refractivity contribution in [1.29, 1.82) is 0 Å². The van der Waals surface area contributed by atoms with Crippen LogP contribution in [0.2, 0.25) is 0 Å². The molecule has 0 fully saturated rings. The maximum atomic E-state index is 13.6. The fourth-order valence-corrected chi connectivity index (χ4v) is 4.60. The van der Waals surface area contributed by atoms with Gasteiger partial charge in [0.15, 0.2) is 0 Å². The summed E-state index contributed by atoms with van der Waals surface area (Å²) >= 11 is 0. The lowest BCUT2D eigenvalue weighted by Crippen LogP contribution is -2.42. The van der Waals surface area contributed by atoms with E-state index >= 15 is 0 Å².